The Balaban J connectivity index is 1.50. The summed E-state index contributed by atoms with van der Waals surface area (Å²) in [5.74, 6) is 0.474. The first-order valence-electron chi connectivity index (χ1n) is 8.29. The molecule has 6 heteroatoms. The van der Waals surface area contributed by atoms with Crippen LogP contribution >= 0.6 is 0 Å². The molecule has 6 nitrogen and oxygen atoms in total. The number of piperidine rings is 1. The van der Waals surface area contributed by atoms with Crippen LogP contribution in [0.2, 0.25) is 0 Å². The van der Waals surface area contributed by atoms with Crippen LogP contribution < -0.4 is 0 Å². The molecule has 4 heterocycles. The third kappa shape index (κ3) is 2.87. The number of aromatic nitrogens is 4. The molecule has 1 saturated heterocycles. The molecule has 0 bridgehead atoms. The van der Waals surface area contributed by atoms with E-state index >= 15 is 0 Å². The maximum atomic E-state index is 12.9. The molecule has 1 aliphatic heterocycles. The van der Waals surface area contributed by atoms with Crippen LogP contribution in [0.5, 0.6) is 0 Å². The number of likely N-dealkylation sites (tertiary alicyclic amines) is 1. The number of rotatable bonds is 3. The highest BCUT2D eigenvalue weighted by atomic mass is 16.2. The molecule has 0 unspecified atom stereocenters. The van der Waals surface area contributed by atoms with E-state index in [0.29, 0.717) is 17.1 Å². The fourth-order valence-electron chi connectivity index (χ4n) is 3.38. The molecule has 3 aromatic heterocycles. The van der Waals surface area contributed by atoms with E-state index in [1.54, 1.807) is 29.2 Å². The predicted octanol–water partition coefficient (Wildman–Crippen LogP) is 2.22. The lowest BCUT2D eigenvalue weighted by Gasteiger charge is -2.32. The number of amides is 1. The zero-order chi connectivity index (χ0) is 16.4. The number of pyridine rings is 1. The number of nitrogens with zero attached hydrogens (tertiary/aromatic N) is 5. The maximum Gasteiger partial charge on any atom is 0.259 e. The van der Waals surface area contributed by atoms with Crippen LogP contribution in [0.25, 0.3) is 5.65 Å². The van der Waals surface area contributed by atoms with Gasteiger partial charge >= 0.3 is 0 Å². The average Bonchev–Trinajstić information content (AvgIpc) is 3.06. The van der Waals surface area contributed by atoms with Crippen LogP contribution in [0.4, 0.5) is 0 Å². The van der Waals surface area contributed by atoms with E-state index in [1.807, 2.05) is 23.2 Å². The van der Waals surface area contributed by atoms with Gasteiger partial charge in [-0.05, 0) is 43.4 Å². The van der Waals surface area contributed by atoms with Gasteiger partial charge in [0, 0.05) is 37.4 Å². The van der Waals surface area contributed by atoms with Gasteiger partial charge in [-0.2, -0.15) is 5.10 Å². The Bertz CT molecular complexity index is 845. The highest BCUT2D eigenvalue weighted by Crippen LogP contribution is 2.22. The lowest BCUT2D eigenvalue weighted by atomic mass is 9.93. The molecule has 122 valence electrons. The summed E-state index contributed by atoms with van der Waals surface area (Å²) in [6.07, 6.45) is 10.0. The van der Waals surface area contributed by atoms with E-state index in [1.165, 1.54) is 0 Å². The normalized spacial score (nSPS) is 18.0. The van der Waals surface area contributed by atoms with Gasteiger partial charge in [-0.3, -0.25) is 9.78 Å². The monoisotopic (exact) mass is 321 g/mol. The van der Waals surface area contributed by atoms with E-state index < -0.39 is 0 Å². The first-order valence-corrected chi connectivity index (χ1v) is 8.29. The molecular weight excluding hydrogens is 302 g/mol. The van der Waals surface area contributed by atoms with Crippen LogP contribution in [-0.4, -0.2) is 43.5 Å². The Morgan fingerprint density at radius 1 is 1.21 bits per heavy atom. The first kappa shape index (κ1) is 14.8. The first-order chi connectivity index (χ1) is 11.8. The summed E-state index contributed by atoms with van der Waals surface area (Å²) in [4.78, 5) is 23.5. The standard InChI is InChI=1S/C18H19N5O/c24-18(16-12-21-23-10-4-8-20-17(16)23)22-9-3-5-14(13-22)11-15-6-1-2-7-19-15/h1-2,4,6-8,10,12,14H,3,5,9,11,13H2/t14-/m0/s1. The second-order valence-electron chi connectivity index (χ2n) is 6.23. The smallest absolute Gasteiger partial charge is 0.259 e. The van der Waals surface area contributed by atoms with Crippen molar-refractivity contribution in [1.29, 1.82) is 0 Å². The van der Waals surface area contributed by atoms with Gasteiger partial charge in [-0.1, -0.05) is 6.07 Å². The molecule has 1 aliphatic rings. The fraction of sp³-hybridized carbons (Fsp3) is 0.333. The zero-order valence-electron chi connectivity index (χ0n) is 13.4. The lowest BCUT2D eigenvalue weighted by Crippen LogP contribution is -2.40. The van der Waals surface area contributed by atoms with Crippen LogP contribution in [-0.2, 0) is 6.42 Å². The summed E-state index contributed by atoms with van der Waals surface area (Å²) < 4.78 is 1.64. The molecule has 1 atom stereocenters. The maximum absolute atomic E-state index is 12.9. The minimum atomic E-state index is 0.0226. The fourth-order valence-corrected chi connectivity index (χ4v) is 3.38. The molecule has 0 saturated carbocycles. The van der Waals surface area contributed by atoms with Gasteiger partial charge in [0.05, 0.1) is 6.20 Å². The van der Waals surface area contributed by atoms with Gasteiger partial charge in [0.25, 0.3) is 5.91 Å². The van der Waals surface area contributed by atoms with Crippen molar-refractivity contribution < 1.29 is 4.79 Å². The van der Waals surface area contributed by atoms with Gasteiger partial charge in [0.15, 0.2) is 5.65 Å². The topological polar surface area (TPSA) is 63.4 Å². The molecule has 0 radical (unpaired) electrons. The van der Waals surface area contributed by atoms with E-state index in [-0.39, 0.29) is 5.91 Å². The van der Waals surface area contributed by atoms with E-state index in [4.69, 9.17) is 0 Å². The largest absolute Gasteiger partial charge is 0.338 e. The summed E-state index contributed by atoms with van der Waals surface area (Å²) in [7, 11) is 0. The van der Waals surface area contributed by atoms with Crippen LogP contribution in [0.3, 0.4) is 0 Å². The Morgan fingerprint density at radius 3 is 3.00 bits per heavy atom. The quantitative estimate of drug-likeness (QED) is 0.742. The van der Waals surface area contributed by atoms with Gasteiger partial charge < -0.3 is 4.90 Å². The molecule has 1 amide bonds. The SMILES string of the molecule is O=C(c1cnn2cccnc12)N1CCC[C@@H](Cc2ccccn2)C1. The number of hydrogen-bond donors (Lipinski definition) is 0. The predicted molar refractivity (Wildman–Crippen MR) is 89.6 cm³/mol. The van der Waals surface area contributed by atoms with Crippen molar-refractivity contribution in [2.45, 2.75) is 19.3 Å². The van der Waals surface area contributed by atoms with E-state index in [0.717, 1.165) is 38.0 Å². The van der Waals surface area contributed by atoms with Crippen molar-refractivity contribution in [2.24, 2.45) is 5.92 Å². The number of carbonyl (C=O) groups excluding carboxylic acids is 1. The number of carbonyl (C=O) groups is 1. The number of hydrogen-bond acceptors (Lipinski definition) is 4. The van der Waals surface area contributed by atoms with E-state index in [9.17, 15) is 4.79 Å². The minimum absolute atomic E-state index is 0.0226. The Hall–Kier alpha value is -2.76. The van der Waals surface area contributed by atoms with Gasteiger partial charge in [0.2, 0.25) is 0 Å². The molecule has 0 aromatic carbocycles. The third-order valence-electron chi connectivity index (χ3n) is 4.54. The minimum Gasteiger partial charge on any atom is -0.338 e. The summed E-state index contributed by atoms with van der Waals surface area (Å²) in [6, 6.07) is 7.80. The molecule has 4 rings (SSSR count). The van der Waals surface area contributed by atoms with Crippen LogP contribution in [0, 0.1) is 5.92 Å². The summed E-state index contributed by atoms with van der Waals surface area (Å²) >= 11 is 0. The van der Waals surface area contributed by atoms with Gasteiger partial charge in [-0.15, -0.1) is 0 Å². The Kier molecular flexibility index (Phi) is 3.94. The van der Waals surface area contributed by atoms with Crippen molar-refractivity contribution in [3.05, 3.63) is 60.3 Å². The zero-order valence-corrected chi connectivity index (χ0v) is 13.4. The third-order valence-corrected chi connectivity index (χ3v) is 4.54. The molecule has 0 N–H and O–H groups in total. The van der Waals surface area contributed by atoms with Crippen molar-refractivity contribution in [2.75, 3.05) is 13.1 Å². The summed E-state index contributed by atoms with van der Waals surface area (Å²) in [5.41, 5.74) is 2.29. The van der Waals surface area contributed by atoms with Gasteiger partial charge in [0.1, 0.15) is 5.56 Å². The molecule has 24 heavy (non-hydrogen) atoms. The highest BCUT2D eigenvalue weighted by molar-refractivity contribution is 5.99. The van der Waals surface area contributed by atoms with Crippen molar-refractivity contribution >= 4 is 11.6 Å². The van der Waals surface area contributed by atoms with Crippen LogP contribution in [0.1, 0.15) is 28.9 Å². The Morgan fingerprint density at radius 2 is 2.12 bits per heavy atom. The van der Waals surface area contributed by atoms with Crippen molar-refractivity contribution in [1.82, 2.24) is 24.5 Å². The molecule has 0 aliphatic carbocycles. The molecule has 1 fully saturated rings. The molecule has 0 spiro atoms. The number of fused-ring (bicyclic) bond motifs is 1. The van der Waals surface area contributed by atoms with E-state index in [2.05, 4.69) is 21.1 Å². The van der Waals surface area contributed by atoms with Crippen molar-refractivity contribution in [3.63, 3.8) is 0 Å². The Labute approximate surface area is 140 Å². The van der Waals surface area contributed by atoms with Gasteiger partial charge in [-0.25, -0.2) is 9.50 Å². The average molecular weight is 321 g/mol. The molecular formula is C18H19N5O. The molecule has 3 aromatic rings. The lowest BCUT2D eigenvalue weighted by molar-refractivity contribution is 0.0674. The summed E-state index contributed by atoms with van der Waals surface area (Å²) in [6.45, 7) is 1.56. The van der Waals surface area contributed by atoms with Crippen molar-refractivity contribution in [3.8, 4) is 0 Å². The van der Waals surface area contributed by atoms with Crippen LogP contribution in [0.15, 0.2) is 49.1 Å². The second kappa shape index (κ2) is 6.39. The highest BCUT2D eigenvalue weighted by Gasteiger charge is 2.27. The summed E-state index contributed by atoms with van der Waals surface area (Å²) in [5, 5.41) is 4.22. The second-order valence-corrected chi connectivity index (χ2v) is 6.23.